The Balaban J connectivity index is 3.04. The monoisotopic (exact) mass is 372 g/mol. The molecule has 1 N–H and O–H groups in total. The molecule has 0 radical (unpaired) electrons. The predicted molar refractivity (Wildman–Crippen MR) is 64.0 cm³/mol. The number of aliphatic hydroxyl groups is 1. The second-order valence-electron chi connectivity index (χ2n) is 1.97. The van der Waals surface area contributed by atoms with Crippen molar-refractivity contribution in [3.8, 4) is 0 Å². The number of hydrogen-bond donors (Lipinski definition) is 1. The largest absolute Gasteiger partial charge is 0.502 e. The molecule has 3 heteroatoms. The van der Waals surface area contributed by atoms with Crippen LogP contribution >= 0.6 is 45.2 Å². The molecule has 0 bridgehead atoms. The fourth-order valence-corrected chi connectivity index (χ4v) is 1.37. The van der Waals surface area contributed by atoms with Gasteiger partial charge in [0.25, 0.3) is 0 Å². The van der Waals surface area contributed by atoms with Crippen molar-refractivity contribution in [3.63, 3.8) is 0 Å². The third-order valence-corrected chi connectivity index (χ3v) is 3.91. The van der Waals surface area contributed by atoms with Crippen LogP contribution in [0.4, 0.5) is 0 Å². The summed E-state index contributed by atoms with van der Waals surface area (Å²) in [6, 6.07) is 9.80. The van der Waals surface area contributed by atoms with Gasteiger partial charge < -0.3 is 5.11 Å². The molecule has 0 amide bonds. The smallest absolute Gasteiger partial charge is 0.167 e. The molecule has 0 unspecified atom stereocenters. The van der Waals surface area contributed by atoms with Gasteiger partial charge in [0.05, 0.1) is 3.58 Å². The Kier molecular flexibility index (Phi) is 3.64. The van der Waals surface area contributed by atoms with Crippen molar-refractivity contribution in [1.29, 1.82) is 0 Å². The average molecular weight is 372 g/mol. The van der Waals surface area contributed by atoms with E-state index in [-0.39, 0.29) is 0 Å². The lowest BCUT2D eigenvalue weighted by molar-refractivity contribution is 0.470. The summed E-state index contributed by atoms with van der Waals surface area (Å²) in [6.45, 7) is 0. The zero-order valence-corrected chi connectivity index (χ0v) is 9.90. The molecule has 0 saturated carbocycles. The standard InChI is InChI=1S/C8H6I2O/c9-7(8(10)11)6-4-2-1-3-5-6/h1-5,11H. The molecule has 0 aliphatic heterocycles. The van der Waals surface area contributed by atoms with Gasteiger partial charge in [0.15, 0.2) is 3.77 Å². The van der Waals surface area contributed by atoms with Crippen LogP contribution in [0.15, 0.2) is 34.1 Å². The molecule has 0 spiro atoms. The summed E-state index contributed by atoms with van der Waals surface area (Å²) in [5.74, 6) is 0. The highest BCUT2D eigenvalue weighted by Crippen LogP contribution is 2.27. The van der Waals surface area contributed by atoms with Crippen molar-refractivity contribution in [2.75, 3.05) is 0 Å². The molecule has 1 rings (SSSR count). The first-order chi connectivity index (χ1) is 5.22. The van der Waals surface area contributed by atoms with Gasteiger partial charge >= 0.3 is 0 Å². The van der Waals surface area contributed by atoms with Crippen LogP contribution in [0.3, 0.4) is 0 Å². The van der Waals surface area contributed by atoms with Crippen molar-refractivity contribution in [3.05, 3.63) is 39.7 Å². The fourth-order valence-electron chi connectivity index (χ4n) is 0.704. The van der Waals surface area contributed by atoms with Gasteiger partial charge in [-0.05, 0) is 50.7 Å². The second kappa shape index (κ2) is 4.30. The van der Waals surface area contributed by atoms with Crippen molar-refractivity contribution in [2.24, 2.45) is 0 Å². The first-order valence-electron chi connectivity index (χ1n) is 3.01. The zero-order valence-electron chi connectivity index (χ0n) is 5.59. The summed E-state index contributed by atoms with van der Waals surface area (Å²) < 4.78 is 1.23. The average Bonchev–Trinajstić information content (AvgIpc) is 2.05. The molecule has 0 atom stereocenters. The third kappa shape index (κ3) is 2.62. The predicted octanol–water partition coefficient (Wildman–Crippen LogP) is 3.74. The van der Waals surface area contributed by atoms with Crippen molar-refractivity contribution < 1.29 is 5.11 Å². The normalized spacial score (nSPS) is 12.5. The van der Waals surface area contributed by atoms with Crippen LogP contribution in [-0.4, -0.2) is 5.11 Å². The first kappa shape index (κ1) is 9.31. The van der Waals surface area contributed by atoms with E-state index >= 15 is 0 Å². The van der Waals surface area contributed by atoms with Gasteiger partial charge in [-0.3, -0.25) is 0 Å². The maximum Gasteiger partial charge on any atom is 0.167 e. The molecule has 0 saturated heterocycles. The van der Waals surface area contributed by atoms with Gasteiger partial charge in [0, 0.05) is 0 Å². The van der Waals surface area contributed by atoms with Gasteiger partial charge in [-0.25, -0.2) is 0 Å². The fraction of sp³-hybridized carbons (Fsp3) is 0. The van der Waals surface area contributed by atoms with Crippen LogP contribution < -0.4 is 0 Å². The van der Waals surface area contributed by atoms with Crippen LogP contribution in [0.1, 0.15) is 5.56 Å². The Morgan fingerprint density at radius 1 is 1.09 bits per heavy atom. The van der Waals surface area contributed by atoms with E-state index in [4.69, 9.17) is 5.11 Å². The Morgan fingerprint density at radius 3 is 2.09 bits per heavy atom. The van der Waals surface area contributed by atoms with Gasteiger partial charge in [0.2, 0.25) is 0 Å². The summed E-state index contributed by atoms with van der Waals surface area (Å²) in [7, 11) is 0. The number of aliphatic hydroxyl groups excluding tert-OH is 1. The van der Waals surface area contributed by atoms with E-state index in [1.165, 1.54) is 0 Å². The van der Waals surface area contributed by atoms with E-state index in [1.54, 1.807) is 0 Å². The lowest BCUT2D eigenvalue weighted by Gasteiger charge is -1.97. The lowest BCUT2D eigenvalue weighted by Crippen LogP contribution is -1.76. The molecular formula is C8H6I2O. The van der Waals surface area contributed by atoms with Gasteiger partial charge in [-0.2, -0.15) is 0 Å². The summed E-state index contributed by atoms with van der Waals surface area (Å²) in [6.07, 6.45) is 0. The molecule has 1 aromatic rings. The maximum atomic E-state index is 9.13. The Bertz CT molecular complexity index is 263. The van der Waals surface area contributed by atoms with E-state index < -0.39 is 0 Å². The van der Waals surface area contributed by atoms with E-state index in [0.29, 0.717) is 3.77 Å². The summed E-state index contributed by atoms with van der Waals surface area (Å²) in [5.41, 5.74) is 1.06. The Morgan fingerprint density at radius 2 is 1.64 bits per heavy atom. The number of benzene rings is 1. The molecule has 0 aromatic heterocycles. The van der Waals surface area contributed by atoms with Crippen molar-refractivity contribution >= 4 is 48.8 Å². The Labute approximate surface area is 92.8 Å². The second-order valence-corrected chi connectivity index (χ2v) is 4.07. The topological polar surface area (TPSA) is 20.2 Å². The molecule has 0 aliphatic rings. The molecule has 11 heavy (non-hydrogen) atoms. The number of rotatable bonds is 1. The lowest BCUT2D eigenvalue weighted by atomic mass is 10.2. The van der Waals surface area contributed by atoms with E-state index in [0.717, 1.165) is 9.14 Å². The van der Waals surface area contributed by atoms with Crippen LogP contribution in [0.25, 0.3) is 3.58 Å². The highest BCUT2D eigenvalue weighted by molar-refractivity contribution is 14.1. The van der Waals surface area contributed by atoms with Gasteiger partial charge in [0.1, 0.15) is 0 Å². The summed E-state index contributed by atoms with van der Waals surface area (Å²) >= 11 is 4.02. The Hall–Kier alpha value is 0.220. The van der Waals surface area contributed by atoms with Gasteiger partial charge in [-0.15, -0.1) is 0 Å². The molecule has 0 aliphatic carbocycles. The highest BCUT2D eigenvalue weighted by atomic mass is 127. The van der Waals surface area contributed by atoms with E-state index in [2.05, 4.69) is 22.6 Å². The summed E-state index contributed by atoms with van der Waals surface area (Å²) in [4.78, 5) is 0. The van der Waals surface area contributed by atoms with Crippen LogP contribution in [0.5, 0.6) is 0 Å². The van der Waals surface area contributed by atoms with Gasteiger partial charge in [-0.1, -0.05) is 30.3 Å². The van der Waals surface area contributed by atoms with Crippen molar-refractivity contribution in [2.45, 2.75) is 0 Å². The quantitative estimate of drug-likeness (QED) is 0.589. The van der Waals surface area contributed by atoms with E-state index in [9.17, 15) is 0 Å². The molecule has 0 fully saturated rings. The SMILES string of the molecule is OC(I)=C(I)c1ccccc1. The van der Waals surface area contributed by atoms with Crippen LogP contribution in [-0.2, 0) is 0 Å². The molecule has 0 heterocycles. The van der Waals surface area contributed by atoms with E-state index in [1.807, 2.05) is 52.9 Å². The van der Waals surface area contributed by atoms with Crippen molar-refractivity contribution in [1.82, 2.24) is 0 Å². The minimum atomic E-state index is 0.342. The highest BCUT2D eigenvalue weighted by Gasteiger charge is 1.99. The number of halogens is 2. The maximum absolute atomic E-state index is 9.13. The van der Waals surface area contributed by atoms with Crippen LogP contribution in [0, 0.1) is 0 Å². The minimum absolute atomic E-state index is 0.342. The molecule has 1 aromatic carbocycles. The molecular weight excluding hydrogens is 366 g/mol. The molecule has 58 valence electrons. The first-order valence-corrected chi connectivity index (χ1v) is 5.17. The zero-order chi connectivity index (χ0) is 8.27. The third-order valence-electron chi connectivity index (χ3n) is 1.21. The molecule has 1 nitrogen and oxygen atoms in total. The van der Waals surface area contributed by atoms with Crippen LogP contribution in [0.2, 0.25) is 0 Å². The minimum Gasteiger partial charge on any atom is -0.502 e. The summed E-state index contributed by atoms with van der Waals surface area (Å²) in [5, 5.41) is 9.13. The number of hydrogen-bond acceptors (Lipinski definition) is 1.